The summed E-state index contributed by atoms with van der Waals surface area (Å²) in [5.74, 6) is -0.837. The van der Waals surface area contributed by atoms with E-state index >= 15 is 0 Å². The molecule has 2 heteroatoms. The predicted octanol–water partition coefficient (Wildman–Crippen LogP) is 4.88. The van der Waals surface area contributed by atoms with Gasteiger partial charge in [0, 0.05) is 6.08 Å². The molecule has 0 spiro atoms. The molecule has 0 amide bonds. The second kappa shape index (κ2) is 9.69. The molecule has 0 radical (unpaired) electrons. The van der Waals surface area contributed by atoms with Crippen LogP contribution in [0.5, 0.6) is 0 Å². The Morgan fingerprint density at radius 1 is 1.06 bits per heavy atom. The van der Waals surface area contributed by atoms with Crippen LogP contribution in [0.15, 0.2) is 34.9 Å². The van der Waals surface area contributed by atoms with Gasteiger partial charge in [-0.15, -0.1) is 0 Å². The molecule has 18 heavy (non-hydrogen) atoms. The third-order valence-electron chi connectivity index (χ3n) is 2.83. The van der Waals surface area contributed by atoms with Crippen LogP contribution in [0.2, 0.25) is 0 Å². The van der Waals surface area contributed by atoms with Gasteiger partial charge in [-0.2, -0.15) is 0 Å². The quantitative estimate of drug-likeness (QED) is 0.492. The summed E-state index contributed by atoms with van der Waals surface area (Å²) in [4.78, 5) is 10.6. The normalized spacial score (nSPS) is 12.4. The van der Waals surface area contributed by atoms with Gasteiger partial charge in [-0.05, 0) is 52.9 Å². The molecule has 0 aliphatic heterocycles. The zero-order valence-corrected chi connectivity index (χ0v) is 12.1. The Bertz CT molecular complexity index is 342. The third-order valence-corrected chi connectivity index (χ3v) is 2.83. The smallest absolute Gasteiger partial charge is 0.328 e. The first-order valence-electron chi connectivity index (χ1n) is 6.67. The number of carboxylic acid groups (broad SMARTS) is 1. The van der Waals surface area contributed by atoms with E-state index in [0.29, 0.717) is 0 Å². The van der Waals surface area contributed by atoms with Crippen molar-refractivity contribution >= 4 is 5.97 Å². The van der Waals surface area contributed by atoms with Crippen molar-refractivity contribution in [3.05, 3.63) is 34.9 Å². The van der Waals surface area contributed by atoms with Crippen molar-refractivity contribution in [3.8, 4) is 0 Å². The van der Waals surface area contributed by atoms with E-state index in [1.807, 2.05) is 6.92 Å². The molecule has 102 valence electrons. The van der Waals surface area contributed by atoms with Crippen molar-refractivity contribution in [2.45, 2.75) is 59.8 Å². The summed E-state index contributed by atoms with van der Waals surface area (Å²) >= 11 is 0. The number of rotatable bonds is 8. The Labute approximate surface area is 111 Å². The zero-order valence-electron chi connectivity index (χ0n) is 12.1. The SMILES string of the molecule is CCC(=CC(=O)O)CCC=C(C)CCC=C(C)C. The predicted molar refractivity (Wildman–Crippen MR) is 77.7 cm³/mol. The number of hydrogen-bond acceptors (Lipinski definition) is 1. The van der Waals surface area contributed by atoms with Crippen LogP contribution in [0.3, 0.4) is 0 Å². The third kappa shape index (κ3) is 9.88. The van der Waals surface area contributed by atoms with Gasteiger partial charge in [0.15, 0.2) is 0 Å². The molecule has 0 fully saturated rings. The largest absolute Gasteiger partial charge is 0.478 e. The van der Waals surface area contributed by atoms with Crippen LogP contribution in [0.1, 0.15) is 59.8 Å². The standard InChI is InChI=1S/C16H26O2/c1-5-15(12-16(17)18)11-7-10-14(4)9-6-8-13(2)3/h8,10,12H,5-7,9,11H2,1-4H3,(H,17,18). The highest BCUT2D eigenvalue weighted by Crippen LogP contribution is 2.13. The fourth-order valence-electron chi connectivity index (χ4n) is 1.72. The van der Waals surface area contributed by atoms with E-state index in [9.17, 15) is 4.79 Å². The highest BCUT2D eigenvalue weighted by molar-refractivity contribution is 5.80. The molecule has 0 aromatic rings. The van der Waals surface area contributed by atoms with Gasteiger partial charge in [-0.1, -0.05) is 35.8 Å². The lowest BCUT2D eigenvalue weighted by molar-refractivity contribution is -0.131. The molecule has 0 rings (SSSR count). The van der Waals surface area contributed by atoms with Gasteiger partial charge in [0.1, 0.15) is 0 Å². The van der Waals surface area contributed by atoms with Gasteiger partial charge in [0.25, 0.3) is 0 Å². The van der Waals surface area contributed by atoms with E-state index in [4.69, 9.17) is 5.11 Å². The highest BCUT2D eigenvalue weighted by atomic mass is 16.4. The monoisotopic (exact) mass is 250 g/mol. The van der Waals surface area contributed by atoms with Gasteiger partial charge >= 0.3 is 5.97 Å². The van der Waals surface area contributed by atoms with E-state index < -0.39 is 5.97 Å². The van der Waals surface area contributed by atoms with E-state index in [1.165, 1.54) is 17.2 Å². The second-order valence-corrected chi connectivity index (χ2v) is 4.90. The van der Waals surface area contributed by atoms with E-state index in [2.05, 4.69) is 32.9 Å². The van der Waals surface area contributed by atoms with Crippen LogP contribution in [-0.4, -0.2) is 11.1 Å². The molecule has 0 aromatic carbocycles. The molecule has 0 heterocycles. The maximum atomic E-state index is 10.6. The van der Waals surface area contributed by atoms with Gasteiger partial charge in [0.2, 0.25) is 0 Å². The Kier molecular flexibility index (Phi) is 8.99. The Morgan fingerprint density at radius 2 is 1.67 bits per heavy atom. The Hall–Kier alpha value is -1.31. The topological polar surface area (TPSA) is 37.3 Å². The molecule has 0 aromatic heterocycles. The average Bonchev–Trinajstić information content (AvgIpc) is 2.26. The van der Waals surface area contributed by atoms with Crippen LogP contribution >= 0.6 is 0 Å². The molecule has 1 N–H and O–H groups in total. The minimum Gasteiger partial charge on any atom is -0.478 e. The lowest BCUT2D eigenvalue weighted by Crippen LogP contribution is -1.92. The first kappa shape index (κ1) is 16.7. The van der Waals surface area contributed by atoms with Crippen molar-refractivity contribution in [2.75, 3.05) is 0 Å². The summed E-state index contributed by atoms with van der Waals surface area (Å²) in [5, 5.41) is 8.69. The van der Waals surface area contributed by atoms with Crippen LogP contribution < -0.4 is 0 Å². The maximum absolute atomic E-state index is 10.6. The number of allylic oxidation sites excluding steroid dienone is 5. The number of aliphatic carboxylic acids is 1. The Balaban J connectivity index is 4.06. The van der Waals surface area contributed by atoms with Crippen LogP contribution in [0.25, 0.3) is 0 Å². The minimum atomic E-state index is -0.837. The highest BCUT2D eigenvalue weighted by Gasteiger charge is 1.97. The second-order valence-electron chi connectivity index (χ2n) is 4.90. The van der Waals surface area contributed by atoms with Crippen molar-refractivity contribution in [1.82, 2.24) is 0 Å². The number of carbonyl (C=O) groups is 1. The molecule has 0 bridgehead atoms. The summed E-state index contributed by atoms with van der Waals surface area (Å²) in [6, 6.07) is 0. The van der Waals surface area contributed by atoms with Crippen molar-refractivity contribution in [3.63, 3.8) is 0 Å². The van der Waals surface area contributed by atoms with Gasteiger partial charge in [-0.25, -0.2) is 4.79 Å². The average molecular weight is 250 g/mol. The van der Waals surface area contributed by atoms with Crippen molar-refractivity contribution in [1.29, 1.82) is 0 Å². The molecule has 0 atom stereocenters. The van der Waals surface area contributed by atoms with Crippen LogP contribution in [0, 0.1) is 0 Å². The van der Waals surface area contributed by atoms with E-state index in [0.717, 1.165) is 37.7 Å². The fourth-order valence-corrected chi connectivity index (χ4v) is 1.72. The van der Waals surface area contributed by atoms with Gasteiger partial charge in [0.05, 0.1) is 0 Å². The minimum absolute atomic E-state index is 0.816. The zero-order chi connectivity index (χ0) is 14.0. The summed E-state index contributed by atoms with van der Waals surface area (Å²) < 4.78 is 0. The number of carboxylic acids is 1. The van der Waals surface area contributed by atoms with Crippen molar-refractivity contribution < 1.29 is 9.90 Å². The lowest BCUT2D eigenvalue weighted by atomic mass is 10.0. The molecule has 0 saturated carbocycles. The van der Waals surface area contributed by atoms with Crippen LogP contribution in [-0.2, 0) is 4.79 Å². The molecule has 0 aliphatic rings. The molecule has 0 saturated heterocycles. The maximum Gasteiger partial charge on any atom is 0.328 e. The molecule has 0 aliphatic carbocycles. The van der Waals surface area contributed by atoms with Gasteiger partial charge < -0.3 is 5.11 Å². The van der Waals surface area contributed by atoms with E-state index in [1.54, 1.807) is 0 Å². The molecular formula is C16H26O2. The molecule has 2 nitrogen and oxygen atoms in total. The molecule has 0 unspecified atom stereocenters. The molecular weight excluding hydrogens is 224 g/mol. The summed E-state index contributed by atoms with van der Waals surface area (Å²) in [7, 11) is 0. The van der Waals surface area contributed by atoms with E-state index in [-0.39, 0.29) is 0 Å². The lowest BCUT2D eigenvalue weighted by Gasteiger charge is -2.02. The Morgan fingerprint density at radius 3 is 2.17 bits per heavy atom. The fraction of sp³-hybridized carbons (Fsp3) is 0.562. The van der Waals surface area contributed by atoms with Crippen LogP contribution in [0.4, 0.5) is 0 Å². The van der Waals surface area contributed by atoms with Gasteiger partial charge in [-0.3, -0.25) is 0 Å². The van der Waals surface area contributed by atoms with Crippen molar-refractivity contribution in [2.24, 2.45) is 0 Å². The first-order valence-corrected chi connectivity index (χ1v) is 6.67. The number of hydrogen-bond donors (Lipinski definition) is 1. The summed E-state index contributed by atoms with van der Waals surface area (Å²) in [6.45, 7) is 8.37. The summed E-state index contributed by atoms with van der Waals surface area (Å²) in [5.41, 5.74) is 3.76. The first-order chi connectivity index (χ1) is 8.45. The summed E-state index contributed by atoms with van der Waals surface area (Å²) in [6.07, 6.45) is 10.6.